The molecule has 1 aromatic carbocycles. The highest BCUT2D eigenvalue weighted by molar-refractivity contribution is 7.92. The van der Waals surface area contributed by atoms with Gasteiger partial charge in [0, 0.05) is 13.0 Å². The number of anilines is 1. The van der Waals surface area contributed by atoms with Gasteiger partial charge in [-0.15, -0.1) is 0 Å². The second-order valence-corrected chi connectivity index (χ2v) is 7.98. The molecule has 1 rings (SSSR count). The van der Waals surface area contributed by atoms with Crippen LogP contribution in [-0.4, -0.2) is 33.7 Å². The molecule has 0 heterocycles. The summed E-state index contributed by atoms with van der Waals surface area (Å²) in [5.74, 6) is 0.231. The lowest BCUT2D eigenvalue weighted by molar-refractivity contribution is -0.121. The first-order chi connectivity index (χ1) is 10.1. The van der Waals surface area contributed by atoms with Crippen molar-refractivity contribution in [3.63, 3.8) is 0 Å². The number of nitrogens with one attached hydrogen (secondary N) is 1. The quantitative estimate of drug-likeness (QED) is 0.835. The van der Waals surface area contributed by atoms with Crippen LogP contribution in [0.2, 0.25) is 0 Å². The normalized spacial score (nSPS) is 11.5. The van der Waals surface area contributed by atoms with E-state index >= 15 is 0 Å². The van der Waals surface area contributed by atoms with Crippen LogP contribution in [0.3, 0.4) is 0 Å². The molecule has 0 aliphatic carbocycles. The van der Waals surface area contributed by atoms with Gasteiger partial charge >= 0.3 is 0 Å². The topological polar surface area (TPSA) is 66.5 Å². The van der Waals surface area contributed by atoms with Crippen molar-refractivity contribution >= 4 is 21.6 Å². The summed E-state index contributed by atoms with van der Waals surface area (Å²) < 4.78 is 25.4. The van der Waals surface area contributed by atoms with Crippen LogP contribution in [0.5, 0.6) is 0 Å². The Labute approximate surface area is 133 Å². The van der Waals surface area contributed by atoms with E-state index in [4.69, 9.17) is 0 Å². The van der Waals surface area contributed by atoms with Crippen molar-refractivity contribution < 1.29 is 13.2 Å². The van der Waals surface area contributed by atoms with Crippen molar-refractivity contribution in [2.75, 3.05) is 23.7 Å². The third-order valence-electron chi connectivity index (χ3n) is 3.25. The van der Waals surface area contributed by atoms with Crippen molar-refractivity contribution in [3.05, 3.63) is 29.3 Å². The van der Waals surface area contributed by atoms with E-state index in [0.29, 0.717) is 18.7 Å². The van der Waals surface area contributed by atoms with Gasteiger partial charge in [-0.3, -0.25) is 9.10 Å². The summed E-state index contributed by atoms with van der Waals surface area (Å²) in [7, 11) is -3.39. The third-order valence-corrected chi connectivity index (χ3v) is 4.43. The zero-order chi connectivity index (χ0) is 16.9. The fraction of sp³-hybridized carbons (Fsp3) is 0.562. The molecular formula is C16H26N2O3S. The van der Waals surface area contributed by atoms with Gasteiger partial charge in [0.1, 0.15) is 0 Å². The number of hydrogen-bond donors (Lipinski definition) is 1. The smallest absolute Gasteiger partial charge is 0.232 e. The van der Waals surface area contributed by atoms with Crippen molar-refractivity contribution in [1.82, 2.24) is 5.32 Å². The molecule has 6 heteroatoms. The Hall–Kier alpha value is -1.56. The summed E-state index contributed by atoms with van der Waals surface area (Å²) >= 11 is 0. The maximum atomic E-state index is 12.0. The molecule has 0 fully saturated rings. The van der Waals surface area contributed by atoms with E-state index in [2.05, 4.69) is 5.32 Å². The van der Waals surface area contributed by atoms with Gasteiger partial charge in [-0.25, -0.2) is 8.42 Å². The highest BCUT2D eigenvalue weighted by Gasteiger charge is 2.19. The molecule has 1 aromatic rings. The van der Waals surface area contributed by atoms with Gasteiger partial charge < -0.3 is 5.32 Å². The molecule has 0 aromatic heterocycles. The number of rotatable bonds is 7. The van der Waals surface area contributed by atoms with Gasteiger partial charge in [0.15, 0.2) is 0 Å². The Bertz CT molecular complexity index is 624. The maximum Gasteiger partial charge on any atom is 0.232 e. The van der Waals surface area contributed by atoms with E-state index in [0.717, 1.165) is 11.1 Å². The predicted octanol–water partition coefficient (Wildman–Crippen LogP) is 2.23. The summed E-state index contributed by atoms with van der Waals surface area (Å²) in [6, 6.07) is 5.64. The summed E-state index contributed by atoms with van der Waals surface area (Å²) in [6.07, 6.45) is 1.63. The van der Waals surface area contributed by atoms with E-state index in [1.54, 1.807) is 0 Å². The Morgan fingerprint density at radius 3 is 2.41 bits per heavy atom. The van der Waals surface area contributed by atoms with E-state index in [-0.39, 0.29) is 18.4 Å². The standard InChI is InChI=1S/C16H26N2O3S/c1-12(2)10-16(19)17-8-9-18(22(5,20)21)15-7-6-13(3)11-14(15)4/h6-7,11-12H,8-10H2,1-5H3,(H,17,19). The van der Waals surface area contributed by atoms with Gasteiger partial charge in [0.2, 0.25) is 15.9 Å². The molecule has 0 bridgehead atoms. The van der Waals surface area contributed by atoms with E-state index < -0.39 is 10.0 Å². The summed E-state index contributed by atoms with van der Waals surface area (Å²) in [4.78, 5) is 11.7. The van der Waals surface area contributed by atoms with Crippen LogP contribution >= 0.6 is 0 Å². The van der Waals surface area contributed by atoms with Crippen LogP contribution in [0.4, 0.5) is 5.69 Å². The second-order valence-electron chi connectivity index (χ2n) is 6.07. The molecule has 0 atom stereocenters. The number of carbonyl (C=O) groups is 1. The molecule has 5 nitrogen and oxygen atoms in total. The van der Waals surface area contributed by atoms with Crippen LogP contribution < -0.4 is 9.62 Å². The van der Waals surface area contributed by atoms with Crippen molar-refractivity contribution in [2.24, 2.45) is 5.92 Å². The largest absolute Gasteiger partial charge is 0.354 e. The second kappa shape index (κ2) is 7.63. The lowest BCUT2D eigenvalue weighted by atomic mass is 10.1. The van der Waals surface area contributed by atoms with Crippen molar-refractivity contribution in [1.29, 1.82) is 0 Å². The molecular weight excluding hydrogens is 300 g/mol. The molecule has 1 amide bonds. The average molecular weight is 326 g/mol. The molecule has 0 aliphatic rings. The number of amides is 1. The summed E-state index contributed by atoms with van der Waals surface area (Å²) in [5.41, 5.74) is 2.64. The van der Waals surface area contributed by atoms with Crippen LogP contribution in [0.15, 0.2) is 18.2 Å². The molecule has 22 heavy (non-hydrogen) atoms. The van der Waals surface area contributed by atoms with Gasteiger partial charge in [0.05, 0.1) is 18.5 Å². The maximum absolute atomic E-state index is 12.0. The minimum absolute atomic E-state index is 0.0518. The molecule has 0 saturated heterocycles. The molecule has 1 N–H and O–H groups in total. The molecule has 0 unspecified atom stereocenters. The number of nitrogens with zero attached hydrogens (tertiary/aromatic N) is 1. The lowest BCUT2D eigenvalue weighted by Crippen LogP contribution is -2.38. The fourth-order valence-electron chi connectivity index (χ4n) is 2.29. The Kier molecular flexibility index (Phi) is 6.41. The van der Waals surface area contributed by atoms with Crippen LogP contribution in [0.1, 0.15) is 31.4 Å². The number of carbonyl (C=O) groups excluding carboxylic acids is 1. The first kappa shape index (κ1) is 18.5. The average Bonchev–Trinajstić information content (AvgIpc) is 2.33. The zero-order valence-corrected chi connectivity index (χ0v) is 14.8. The number of sulfonamides is 1. The van der Waals surface area contributed by atoms with Gasteiger partial charge in [-0.2, -0.15) is 0 Å². The van der Waals surface area contributed by atoms with E-state index in [1.165, 1.54) is 10.6 Å². The first-order valence-corrected chi connectivity index (χ1v) is 9.27. The highest BCUT2D eigenvalue weighted by atomic mass is 32.2. The summed E-state index contributed by atoms with van der Waals surface area (Å²) in [6.45, 7) is 8.32. The third kappa shape index (κ3) is 5.67. The fourth-order valence-corrected chi connectivity index (χ4v) is 3.28. The predicted molar refractivity (Wildman–Crippen MR) is 90.6 cm³/mol. The number of hydrogen-bond acceptors (Lipinski definition) is 3. The van der Waals surface area contributed by atoms with Gasteiger partial charge in [-0.1, -0.05) is 31.5 Å². The first-order valence-electron chi connectivity index (χ1n) is 7.43. The number of benzene rings is 1. The Balaban J connectivity index is 2.81. The van der Waals surface area contributed by atoms with Gasteiger partial charge in [-0.05, 0) is 31.4 Å². The van der Waals surface area contributed by atoms with Crippen molar-refractivity contribution in [2.45, 2.75) is 34.1 Å². The minimum atomic E-state index is -3.39. The molecule has 0 saturated carbocycles. The van der Waals surface area contributed by atoms with Gasteiger partial charge in [0.25, 0.3) is 0 Å². The van der Waals surface area contributed by atoms with E-state index in [1.807, 2.05) is 45.9 Å². The Morgan fingerprint density at radius 2 is 1.91 bits per heavy atom. The number of aryl methyl sites for hydroxylation is 2. The molecule has 0 aliphatic heterocycles. The molecule has 124 valence electrons. The highest BCUT2D eigenvalue weighted by Crippen LogP contribution is 2.23. The Morgan fingerprint density at radius 1 is 1.27 bits per heavy atom. The van der Waals surface area contributed by atoms with Crippen LogP contribution in [0.25, 0.3) is 0 Å². The monoisotopic (exact) mass is 326 g/mol. The summed E-state index contributed by atoms with van der Waals surface area (Å²) in [5, 5.41) is 2.77. The zero-order valence-electron chi connectivity index (χ0n) is 14.0. The molecule has 0 radical (unpaired) electrons. The SMILES string of the molecule is Cc1ccc(N(CCNC(=O)CC(C)C)S(C)(=O)=O)c(C)c1. The van der Waals surface area contributed by atoms with Crippen molar-refractivity contribution in [3.8, 4) is 0 Å². The molecule has 0 spiro atoms. The lowest BCUT2D eigenvalue weighted by Gasteiger charge is -2.24. The minimum Gasteiger partial charge on any atom is -0.354 e. The van der Waals surface area contributed by atoms with Crippen LogP contribution in [0, 0.1) is 19.8 Å². The van der Waals surface area contributed by atoms with E-state index in [9.17, 15) is 13.2 Å². The van der Waals surface area contributed by atoms with Crippen LogP contribution in [-0.2, 0) is 14.8 Å².